The Labute approximate surface area is 105 Å². The maximum absolute atomic E-state index is 12.0. The van der Waals surface area contributed by atoms with Crippen molar-refractivity contribution in [2.45, 2.75) is 52.1 Å². The first-order valence-electron chi connectivity index (χ1n) is 6.21. The third kappa shape index (κ3) is 4.56. The average molecular weight is 263 g/mol. The van der Waals surface area contributed by atoms with Gasteiger partial charge in [0.2, 0.25) is 10.0 Å². The molecule has 1 aliphatic carbocycles. The van der Waals surface area contributed by atoms with E-state index in [0.29, 0.717) is 19.3 Å². The van der Waals surface area contributed by atoms with Crippen LogP contribution in [0.2, 0.25) is 0 Å². The van der Waals surface area contributed by atoms with Crippen molar-refractivity contribution < 1.29 is 13.5 Å². The standard InChI is InChI=1S/C12H25NO3S/c1-11(2,3)8-9-17(15,16)13(4)10-12(14)6-5-7-12/h14H,5-10H2,1-4H3. The fraction of sp³-hybridized carbons (Fsp3) is 1.00. The molecule has 0 unspecified atom stereocenters. The van der Waals surface area contributed by atoms with E-state index in [9.17, 15) is 13.5 Å². The minimum Gasteiger partial charge on any atom is -0.389 e. The molecule has 0 aromatic rings. The molecule has 0 radical (unpaired) electrons. The van der Waals surface area contributed by atoms with Gasteiger partial charge in [-0.15, -0.1) is 0 Å². The Morgan fingerprint density at radius 1 is 1.29 bits per heavy atom. The lowest BCUT2D eigenvalue weighted by molar-refractivity contribution is -0.0424. The van der Waals surface area contributed by atoms with Crippen LogP contribution in [0.25, 0.3) is 0 Å². The highest BCUT2D eigenvalue weighted by Crippen LogP contribution is 2.32. The highest BCUT2D eigenvalue weighted by Gasteiger charge is 2.38. The van der Waals surface area contributed by atoms with Gasteiger partial charge in [0, 0.05) is 13.6 Å². The van der Waals surface area contributed by atoms with Gasteiger partial charge in [0.25, 0.3) is 0 Å². The van der Waals surface area contributed by atoms with Gasteiger partial charge >= 0.3 is 0 Å². The largest absolute Gasteiger partial charge is 0.389 e. The highest BCUT2D eigenvalue weighted by molar-refractivity contribution is 7.89. The van der Waals surface area contributed by atoms with E-state index in [0.717, 1.165) is 6.42 Å². The molecule has 0 aromatic carbocycles. The molecule has 0 spiro atoms. The van der Waals surface area contributed by atoms with E-state index in [-0.39, 0.29) is 17.7 Å². The molecular formula is C12H25NO3S. The predicted octanol–water partition coefficient (Wildman–Crippen LogP) is 1.60. The average Bonchev–Trinajstić information content (AvgIpc) is 2.11. The van der Waals surface area contributed by atoms with Crippen molar-refractivity contribution in [1.29, 1.82) is 0 Å². The minimum absolute atomic E-state index is 0.0152. The molecule has 1 N–H and O–H groups in total. The van der Waals surface area contributed by atoms with Gasteiger partial charge in [0.05, 0.1) is 11.4 Å². The number of hydrogen-bond donors (Lipinski definition) is 1. The van der Waals surface area contributed by atoms with E-state index in [2.05, 4.69) is 0 Å². The summed E-state index contributed by atoms with van der Waals surface area (Å²) < 4.78 is 25.3. The fourth-order valence-electron chi connectivity index (χ4n) is 1.85. The Morgan fingerprint density at radius 3 is 2.18 bits per heavy atom. The SMILES string of the molecule is CN(CC1(O)CCC1)S(=O)(=O)CCC(C)(C)C. The van der Waals surface area contributed by atoms with Crippen LogP contribution in [0.1, 0.15) is 46.5 Å². The van der Waals surface area contributed by atoms with Crippen LogP contribution >= 0.6 is 0 Å². The van der Waals surface area contributed by atoms with Gasteiger partial charge in [0.1, 0.15) is 0 Å². The van der Waals surface area contributed by atoms with Gasteiger partial charge in [-0.1, -0.05) is 20.8 Å². The third-order valence-corrected chi connectivity index (χ3v) is 5.18. The summed E-state index contributed by atoms with van der Waals surface area (Å²) in [6.45, 7) is 6.32. The summed E-state index contributed by atoms with van der Waals surface area (Å²) in [6.07, 6.45) is 3.06. The predicted molar refractivity (Wildman–Crippen MR) is 69.3 cm³/mol. The summed E-state index contributed by atoms with van der Waals surface area (Å²) >= 11 is 0. The van der Waals surface area contributed by atoms with E-state index in [1.807, 2.05) is 20.8 Å². The maximum atomic E-state index is 12.0. The lowest BCUT2D eigenvalue weighted by atomic mass is 9.80. The minimum atomic E-state index is -3.23. The number of rotatable bonds is 5. The lowest BCUT2D eigenvalue weighted by Crippen LogP contribution is -2.49. The molecule has 17 heavy (non-hydrogen) atoms. The Hall–Kier alpha value is -0.130. The second-order valence-electron chi connectivity index (χ2n) is 6.46. The third-order valence-electron chi connectivity index (χ3n) is 3.39. The number of likely N-dealkylation sites (N-methyl/N-ethyl adjacent to an activating group) is 1. The quantitative estimate of drug-likeness (QED) is 0.819. The number of sulfonamides is 1. The molecular weight excluding hydrogens is 238 g/mol. The van der Waals surface area contributed by atoms with E-state index in [1.165, 1.54) is 4.31 Å². The van der Waals surface area contributed by atoms with Crippen molar-refractivity contribution in [3.05, 3.63) is 0 Å². The molecule has 0 aliphatic heterocycles. The molecule has 102 valence electrons. The highest BCUT2D eigenvalue weighted by atomic mass is 32.2. The monoisotopic (exact) mass is 263 g/mol. The van der Waals surface area contributed by atoms with E-state index < -0.39 is 15.6 Å². The second-order valence-corrected chi connectivity index (χ2v) is 8.66. The van der Waals surface area contributed by atoms with E-state index in [4.69, 9.17) is 0 Å². The molecule has 0 heterocycles. The van der Waals surface area contributed by atoms with Gasteiger partial charge in [-0.3, -0.25) is 0 Å². The van der Waals surface area contributed by atoms with Crippen LogP contribution in [0.3, 0.4) is 0 Å². The van der Waals surface area contributed by atoms with Crippen molar-refractivity contribution >= 4 is 10.0 Å². The molecule has 1 saturated carbocycles. The van der Waals surface area contributed by atoms with Gasteiger partial charge in [-0.2, -0.15) is 0 Å². The van der Waals surface area contributed by atoms with Crippen molar-refractivity contribution in [3.63, 3.8) is 0 Å². The van der Waals surface area contributed by atoms with Crippen molar-refractivity contribution in [2.75, 3.05) is 19.3 Å². The van der Waals surface area contributed by atoms with Crippen LogP contribution in [0, 0.1) is 5.41 Å². The first-order chi connectivity index (χ1) is 7.54. The molecule has 1 rings (SSSR count). The van der Waals surface area contributed by atoms with Gasteiger partial charge in [-0.25, -0.2) is 12.7 Å². The summed E-state index contributed by atoms with van der Waals surface area (Å²) in [5.74, 6) is 0.156. The van der Waals surface area contributed by atoms with Gasteiger partial charge in [-0.05, 0) is 31.1 Å². The van der Waals surface area contributed by atoms with Crippen LogP contribution < -0.4 is 0 Å². The van der Waals surface area contributed by atoms with Crippen LogP contribution in [-0.4, -0.2) is 42.8 Å². The summed E-state index contributed by atoms with van der Waals surface area (Å²) in [5, 5.41) is 9.97. The number of nitrogens with zero attached hydrogens (tertiary/aromatic N) is 1. The van der Waals surface area contributed by atoms with Gasteiger partial charge in [0.15, 0.2) is 0 Å². The Bertz CT molecular complexity index is 352. The Kier molecular flexibility index (Phi) is 4.27. The van der Waals surface area contributed by atoms with Crippen LogP contribution in [0.15, 0.2) is 0 Å². The summed E-state index contributed by atoms with van der Waals surface area (Å²) in [4.78, 5) is 0. The lowest BCUT2D eigenvalue weighted by Gasteiger charge is -2.39. The fourth-order valence-corrected chi connectivity index (χ4v) is 3.47. The van der Waals surface area contributed by atoms with Crippen molar-refractivity contribution in [2.24, 2.45) is 5.41 Å². The number of hydrogen-bond acceptors (Lipinski definition) is 3. The molecule has 1 aliphatic rings. The molecule has 0 aromatic heterocycles. The topological polar surface area (TPSA) is 57.6 Å². The molecule has 0 bridgehead atoms. The zero-order valence-electron chi connectivity index (χ0n) is 11.4. The summed E-state index contributed by atoms with van der Waals surface area (Å²) in [6, 6.07) is 0. The number of aliphatic hydroxyl groups is 1. The molecule has 0 amide bonds. The first kappa shape index (κ1) is 14.9. The smallest absolute Gasteiger partial charge is 0.213 e. The van der Waals surface area contributed by atoms with Crippen LogP contribution in [0.5, 0.6) is 0 Å². The Morgan fingerprint density at radius 2 is 1.82 bits per heavy atom. The summed E-state index contributed by atoms with van der Waals surface area (Å²) in [7, 11) is -1.67. The zero-order valence-corrected chi connectivity index (χ0v) is 12.2. The second kappa shape index (κ2) is 4.86. The van der Waals surface area contributed by atoms with E-state index >= 15 is 0 Å². The molecule has 5 heteroatoms. The molecule has 1 fully saturated rings. The zero-order chi connectivity index (χ0) is 13.3. The molecule has 0 atom stereocenters. The van der Waals surface area contributed by atoms with Crippen molar-refractivity contribution in [1.82, 2.24) is 4.31 Å². The van der Waals surface area contributed by atoms with Gasteiger partial charge < -0.3 is 5.11 Å². The molecule has 0 saturated heterocycles. The van der Waals surface area contributed by atoms with Crippen LogP contribution in [-0.2, 0) is 10.0 Å². The Balaban J connectivity index is 2.51. The maximum Gasteiger partial charge on any atom is 0.213 e. The van der Waals surface area contributed by atoms with E-state index in [1.54, 1.807) is 7.05 Å². The first-order valence-corrected chi connectivity index (χ1v) is 7.82. The summed E-state index contributed by atoms with van der Waals surface area (Å²) in [5.41, 5.74) is -0.759. The van der Waals surface area contributed by atoms with Crippen LogP contribution in [0.4, 0.5) is 0 Å². The van der Waals surface area contributed by atoms with Crippen molar-refractivity contribution in [3.8, 4) is 0 Å². The normalized spacial score (nSPS) is 20.4. The molecule has 4 nitrogen and oxygen atoms in total.